The van der Waals surface area contributed by atoms with Crippen molar-refractivity contribution in [1.29, 1.82) is 5.26 Å². The van der Waals surface area contributed by atoms with Crippen molar-refractivity contribution in [2.75, 3.05) is 11.1 Å². The number of nitrogens with zero attached hydrogens (tertiary/aromatic N) is 2. The van der Waals surface area contributed by atoms with Crippen LogP contribution in [0.5, 0.6) is 0 Å². The number of hydrogen-bond acceptors (Lipinski definition) is 5. The first-order valence-corrected chi connectivity index (χ1v) is 6.95. The minimum Gasteiger partial charge on any atom is -0.375 e. The Morgan fingerprint density at radius 3 is 3.00 bits per heavy atom. The quantitative estimate of drug-likeness (QED) is 0.900. The molecule has 0 saturated heterocycles. The molecule has 0 fully saturated rings. The molecule has 0 aliphatic heterocycles. The van der Waals surface area contributed by atoms with Gasteiger partial charge in [0.15, 0.2) is 5.13 Å². The van der Waals surface area contributed by atoms with E-state index < -0.39 is 0 Å². The Labute approximate surface area is 122 Å². The van der Waals surface area contributed by atoms with Crippen LogP contribution in [-0.2, 0) is 11.2 Å². The van der Waals surface area contributed by atoms with E-state index in [9.17, 15) is 4.79 Å². The summed E-state index contributed by atoms with van der Waals surface area (Å²) < 4.78 is 0.786. The van der Waals surface area contributed by atoms with Crippen LogP contribution in [0.25, 0.3) is 0 Å². The van der Waals surface area contributed by atoms with Gasteiger partial charge in [-0.05, 0) is 18.2 Å². The summed E-state index contributed by atoms with van der Waals surface area (Å²) in [5, 5.41) is 13.9. The molecule has 1 heterocycles. The smallest absolute Gasteiger partial charge is 0.230 e. The van der Waals surface area contributed by atoms with Crippen molar-refractivity contribution in [2.24, 2.45) is 0 Å². The van der Waals surface area contributed by atoms with Gasteiger partial charge in [0.1, 0.15) is 6.07 Å². The maximum absolute atomic E-state index is 11.8. The zero-order valence-corrected chi connectivity index (χ0v) is 12.1. The number of hydrogen-bond donors (Lipinski definition) is 2. The van der Waals surface area contributed by atoms with Crippen LogP contribution in [0.1, 0.15) is 11.3 Å². The van der Waals surface area contributed by atoms with Crippen LogP contribution in [0.2, 0.25) is 0 Å². The molecule has 0 atom stereocenters. The molecule has 0 aliphatic rings. The maximum atomic E-state index is 11.8. The van der Waals surface area contributed by atoms with Crippen LogP contribution < -0.4 is 11.1 Å². The van der Waals surface area contributed by atoms with Crippen molar-refractivity contribution in [1.82, 2.24) is 4.98 Å². The molecule has 0 saturated carbocycles. The first-order valence-electron chi connectivity index (χ1n) is 5.28. The van der Waals surface area contributed by atoms with Crippen LogP contribution >= 0.6 is 27.3 Å². The van der Waals surface area contributed by atoms with Crippen molar-refractivity contribution < 1.29 is 4.79 Å². The number of aromatic nitrogens is 1. The number of nitrogen functional groups attached to an aromatic ring is 1. The molecule has 1 aromatic carbocycles. The second-order valence-corrected chi connectivity index (χ2v) is 5.51. The van der Waals surface area contributed by atoms with Crippen LogP contribution in [-0.4, -0.2) is 10.9 Å². The van der Waals surface area contributed by atoms with Gasteiger partial charge in [-0.15, -0.1) is 11.3 Å². The SMILES string of the molecule is N#Cc1cc(Br)ccc1NC(=O)Cc1csc(N)n1. The Balaban J connectivity index is 2.09. The summed E-state index contributed by atoms with van der Waals surface area (Å²) in [5.41, 5.74) is 7.01. The molecular weight excluding hydrogens is 328 g/mol. The van der Waals surface area contributed by atoms with E-state index in [1.807, 2.05) is 6.07 Å². The van der Waals surface area contributed by atoms with E-state index >= 15 is 0 Å². The number of anilines is 2. The molecule has 3 N–H and O–H groups in total. The lowest BCUT2D eigenvalue weighted by Crippen LogP contribution is -2.15. The molecule has 1 amide bonds. The molecule has 1 aromatic heterocycles. The summed E-state index contributed by atoms with van der Waals surface area (Å²) in [7, 11) is 0. The number of nitrogens with two attached hydrogens (primary N) is 1. The minimum atomic E-state index is -0.232. The molecule has 7 heteroatoms. The fourth-order valence-electron chi connectivity index (χ4n) is 1.48. The zero-order chi connectivity index (χ0) is 13.8. The van der Waals surface area contributed by atoms with E-state index in [2.05, 4.69) is 26.2 Å². The second kappa shape index (κ2) is 5.82. The van der Waals surface area contributed by atoms with Gasteiger partial charge >= 0.3 is 0 Å². The molecule has 0 radical (unpaired) electrons. The Morgan fingerprint density at radius 2 is 2.37 bits per heavy atom. The van der Waals surface area contributed by atoms with Gasteiger partial charge in [0.2, 0.25) is 5.91 Å². The fourth-order valence-corrected chi connectivity index (χ4v) is 2.40. The molecule has 0 unspecified atom stereocenters. The standard InChI is InChI=1S/C12H9BrN4OS/c13-8-1-2-10(7(3-8)5-14)17-11(18)4-9-6-19-12(15)16-9/h1-3,6H,4H2,(H2,15,16)(H,17,18). The van der Waals surface area contributed by atoms with Gasteiger partial charge < -0.3 is 11.1 Å². The predicted molar refractivity (Wildman–Crippen MR) is 77.7 cm³/mol. The van der Waals surface area contributed by atoms with Gasteiger partial charge in [-0.3, -0.25) is 4.79 Å². The number of nitriles is 1. The van der Waals surface area contributed by atoms with Gasteiger partial charge in [-0.25, -0.2) is 4.98 Å². The number of carbonyl (C=O) groups excluding carboxylic acids is 1. The van der Waals surface area contributed by atoms with E-state index in [-0.39, 0.29) is 12.3 Å². The number of thiazole rings is 1. The summed E-state index contributed by atoms with van der Waals surface area (Å²) in [6, 6.07) is 7.12. The van der Waals surface area contributed by atoms with Gasteiger partial charge in [0.05, 0.1) is 23.4 Å². The summed E-state index contributed by atoms with van der Waals surface area (Å²) in [6.07, 6.45) is 0.134. The van der Waals surface area contributed by atoms with Crippen LogP contribution in [0.4, 0.5) is 10.8 Å². The molecule has 96 valence electrons. The number of nitrogens with one attached hydrogen (secondary N) is 1. The fraction of sp³-hybridized carbons (Fsp3) is 0.0833. The number of halogens is 1. The monoisotopic (exact) mass is 336 g/mol. The molecule has 2 rings (SSSR count). The van der Waals surface area contributed by atoms with Crippen molar-refractivity contribution in [3.8, 4) is 6.07 Å². The molecule has 5 nitrogen and oxygen atoms in total. The first-order chi connectivity index (χ1) is 9.08. The van der Waals surface area contributed by atoms with Gasteiger partial charge in [0.25, 0.3) is 0 Å². The van der Waals surface area contributed by atoms with Crippen molar-refractivity contribution in [2.45, 2.75) is 6.42 Å². The van der Waals surface area contributed by atoms with Crippen molar-refractivity contribution in [3.63, 3.8) is 0 Å². The van der Waals surface area contributed by atoms with Gasteiger partial charge in [0, 0.05) is 9.85 Å². The van der Waals surface area contributed by atoms with Crippen LogP contribution in [0.3, 0.4) is 0 Å². The Hall–Kier alpha value is -1.91. The highest BCUT2D eigenvalue weighted by Gasteiger charge is 2.10. The van der Waals surface area contributed by atoms with E-state index in [1.54, 1.807) is 23.6 Å². The minimum absolute atomic E-state index is 0.134. The predicted octanol–water partition coefficient (Wildman–Crippen LogP) is 2.54. The van der Waals surface area contributed by atoms with Crippen LogP contribution in [0.15, 0.2) is 28.1 Å². The summed E-state index contributed by atoms with van der Waals surface area (Å²) in [5.74, 6) is -0.232. The Kier molecular flexibility index (Phi) is 4.14. The normalized spacial score (nSPS) is 9.89. The van der Waals surface area contributed by atoms with Gasteiger partial charge in [-0.1, -0.05) is 15.9 Å². The highest BCUT2D eigenvalue weighted by Crippen LogP contribution is 2.20. The molecule has 19 heavy (non-hydrogen) atoms. The zero-order valence-electron chi connectivity index (χ0n) is 9.68. The lowest BCUT2D eigenvalue weighted by Gasteiger charge is -2.06. The Bertz CT molecular complexity index is 662. The topological polar surface area (TPSA) is 91.8 Å². The lowest BCUT2D eigenvalue weighted by atomic mass is 10.2. The maximum Gasteiger partial charge on any atom is 0.230 e. The highest BCUT2D eigenvalue weighted by molar-refractivity contribution is 9.10. The average Bonchev–Trinajstić information content (AvgIpc) is 2.76. The molecule has 2 aromatic rings. The summed E-state index contributed by atoms with van der Waals surface area (Å²) in [6.45, 7) is 0. The molecule has 0 bridgehead atoms. The lowest BCUT2D eigenvalue weighted by molar-refractivity contribution is -0.115. The number of rotatable bonds is 3. The van der Waals surface area contributed by atoms with Crippen LogP contribution in [0, 0.1) is 11.3 Å². The van der Waals surface area contributed by atoms with Gasteiger partial charge in [-0.2, -0.15) is 5.26 Å². The van der Waals surface area contributed by atoms with Crippen molar-refractivity contribution >= 4 is 44.0 Å². The molecule has 0 spiro atoms. The highest BCUT2D eigenvalue weighted by atomic mass is 79.9. The molecule has 0 aliphatic carbocycles. The third-order valence-electron chi connectivity index (χ3n) is 2.29. The summed E-state index contributed by atoms with van der Waals surface area (Å²) >= 11 is 4.56. The number of benzene rings is 1. The van der Waals surface area contributed by atoms with E-state index in [4.69, 9.17) is 11.0 Å². The largest absolute Gasteiger partial charge is 0.375 e. The third-order valence-corrected chi connectivity index (χ3v) is 3.50. The number of amides is 1. The third kappa shape index (κ3) is 3.53. The number of carbonyl (C=O) groups is 1. The second-order valence-electron chi connectivity index (χ2n) is 3.70. The first kappa shape index (κ1) is 13.5. The van der Waals surface area contributed by atoms with E-state index in [0.717, 1.165) is 4.47 Å². The van der Waals surface area contributed by atoms with E-state index in [1.165, 1.54) is 11.3 Å². The average molecular weight is 337 g/mol. The van der Waals surface area contributed by atoms with Crippen molar-refractivity contribution in [3.05, 3.63) is 39.3 Å². The summed E-state index contributed by atoms with van der Waals surface area (Å²) in [4.78, 5) is 15.8. The molecular formula is C12H9BrN4OS. The Morgan fingerprint density at radius 1 is 1.58 bits per heavy atom. The van der Waals surface area contributed by atoms with E-state index in [0.29, 0.717) is 22.1 Å².